The van der Waals surface area contributed by atoms with Crippen LogP contribution in [0.2, 0.25) is 0 Å². The first-order chi connectivity index (χ1) is 10.3. The molecule has 1 N–H and O–H groups in total. The molecule has 1 aliphatic carbocycles. The Morgan fingerprint density at radius 1 is 1.19 bits per heavy atom. The molecule has 116 valence electrons. The van der Waals surface area contributed by atoms with Crippen LogP contribution in [-0.2, 0) is 6.42 Å². The van der Waals surface area contributed by atoms with Crippen molar-refractivity contribution in [2.24, 2.45) is 11.8 Å². The van der Waals surface area contributed by atoms with E-state index in [0.717, 1.165) is 53.9 Å². The fraction of sp³-hybridized carbons (Fsp3) is 0.647. The van der Waals surface area contributed by atoms with Gasteiger partial charge in [0.05, 0.1) is 13.7 Å². The standard InChI is InChI=1S/C17H24BrNO2/c1-20-16-8-14(7-13-3-2-6-19-10-13)15(18)9-17(16)21-11-12-4-5-12/h8-9,12-13,19H,2-7,10-11H2,1H3. The molecule has 0 spiro atoms. The minimum absolute atomic E-state index is 0.720. The Labute approximate surface area is 135 Å². The van der Waals surface area contributed by atoms with Gasteiger partial charge in [0.15, 0.2) is 11.5 Å². The van der Waals surface area contributed by atoms with Gasteiger partial charge in [-0.1, -0.05) is 15.9 Å². The van der Waals surface area contributed by atoms with E-state index in [4.69, 9.17) is 9.47 Å². The predicted molar refractivity (Wildman–Crippen MR) is 88.2 cm³/mol. The topological polar surface area (TPSA) is 30.5 Å². The van der Waals surface area contributed by atoms with Crippen LogP contribution < -0.4 is 14.8 Å². The summed E-state index contributed by atoms with van der Waals surface area (Å²) in [5.41, 5.74) is 1.32. The van der Waals surface area contributed by atoms with Gasteiger partial charge in [0.1, 0.15) is 0 Å². The Bertz CT molecular complexity index is 482. The summed E-state index contributed by atoms with van der Waals surface area (Å²) >= 11 is 3.70. The number of hydrogen-bond acceptors (Lipinski definition) is 3. The summed E-state index contributed by atoms with van der Waals surface area (Å²) in [7, 11) is 1.72. The van der Waals surface area contributed by atoms with Gasteiger partial charge in [-0.3, -0.25) is 0 Å². The maximum Gasteiger partial charge on any atom is 0.162 e. The third kappa shape index (κ3) is 4.13. The zero-order valence-corrected chi connectivity index (χ0v) is 14.2. The number of nitrogens with one attached hydrogen (secondary N) is 1. The van der Waals surface area contributed by atoms with Crippen LogP contribution >= 0.6 is 15.9 Å². The van der Waals surface area contributed by atoms with Crippen LogP contribution in [0.3, 0.4) is 0 Å². The quantitative estimate of drug-likeness (QED) is 0.843. The summed E-state index contributed by atoms with van der Waals surface area (Å²) < 4.78 is 12.6. The van der Waals surface area contributed by atoms with E-state index in [9.17, 15) is 0 Å². The Morgan fingerprint density at radius 2 is 2.05 bits per heavy atom. The van der Waals surface area contributed by atoms with E-state index in [2.05, 4.69) is 33.4 Å². The molecular weight excluding hydrogens is 330 g/mol. The SMILES string of the molecule is COc1cc(CC2CCCNC2)c(Br)cc1OCC1CC1. The molecule has 1 unspecified atom stereocenters. The van der Waals surface area contributed by atoms with Crippen molar-refractivity contribution < 1.29 is 9.47 Å². The lowest BCUT2D eigenvalue weighted by molar-refractivity contribution is 0.280. The number of methoxy groups -OCH3 is 1. The highest BCUT2D eigenvalue weighted by molar-refractivity contribution is 9.10. The van der Waals surface area contributed by atoms with Crippen molar-refractivity contribution >= 4 is 15.9 Å². The van der Waals surface area contributed by atoms with Crippen molar-refractivity contribution in [1.29, 1.82) is 0 Å². The Balaban J connectivity index is 1.70. The van der Waals surface area contributed by atoms with E-state index in [1.165, 1.54) is 31.2 Å². The van der Waals surface area contributed by atoms with Crippen LogP contribution in [0.4, 0.5) is 0 Å². The molecule has 2 aliphatic rings. The van der Waals surface area contributed by atoms with Crippen LogP contribution in [-0.4, -0.2) is 26.8 Å². The first-order valence-electron chi connectivity index (χ1n) is 7.96. The maximum atomic E-state index is 5.91. The van der Waals surface area contributed by atoms with Crippen LogP contribution in [0.5, 0.6) is 11.5 Å². The van der Waals surface area contributed by atoms with E-state index in [1.807, 2.05) is 0 Å². The van der Waals surface area contributed by atoms with Crippen LogP contribution in [0.25, 0.3) is 0 Å². The Hall–Kier alpha value is -0.740. The molecule has 4 heteroatoms. The summed E-state index contributed by atoms with van der Waals surface area (Å²) in [6.07, 6.45) is 6.28. The number of halogens is 1. The third-order valence-corrected chi connectivity index (χ3v) is 5.15. The predicted octanol–water partition coefficient (Wildman–Crippen LogP) is 3.79. The molecule has 1 aromatic rings. The van der Waals surface area contributed by atoms with Gasteiger partial charge in [-0.15, -0.1) is 0 Å². The zero-order chi connectivity index (χ0) is 14.7. The lowest BCUT2D eigenvalue weighted by Crippen LogP contribution is -2.30. The molecule has 3 rings (SSSR count). The molecule has 0 amide bonds. The van der Waals surface area contributed by atoms with Crippen LogP contribution in [0.1, 0.15) is 31.2 Å². The maximum absolute atomic E-state index is 5.91. The van der Waals surface area contributed by atoms with Gasteiger partial charge in [0.25, 0.3) is 0 Å². The summed E-state index contributed by atoms with van der Waals surface area (Å²) in [4.78, 5) is 0. The molecule has 1 saturated carbocycles. The Morgan fingerprint density at radius 3 is 2.71 bits per heavy atom. The van der Waals surface area contributed by atoms with E-state index in [1.54, 1.807) is 7.11 Å². The van der Waals surface area contributed by atoms with Gasteiger partial charge < -0.3 is 14.8 Å². The zero-order valence-electron chi connectivity index (χ0n) is 12.7. The first-order valence-corrected chi connectivity index (χ1v) is 8.75. The highest BCUT2D eigenvalue weighted by Gasteiger charge is 2.23. The second-order valence-electron chi connectivity index (χ2n) is 6.27. The average molecular weight is 354 g/mol. The summed E-state index contributed by atoms with van der Waals surface area (Å²) in [6.45, 7) is 3.10. The third-order valence-electron chi connectivity index (χ3n) is 4.41. The van der Waals surface area contributed by atoms with Crippen LogP contribution in [0, 0.1) is 11.8 Å². The number of hydrogen-bond donors (Lipinski definition) is 1. The smallest absolute Gasteiger partial charge is 0.162 e. The fourth-order valence-corrected chi connectivity index (χ4v) is 3.39. The highest BCUT2D eigenvalue weighted by atomic mass is 79.9. The van der Waals surface area contributed by atoms with E-state index < -0.39 is 0 Å². The molecule has 1 aliphatic heterocycles. The Kier molecular flexibility index (Phi) is 5.07. The molecule has 1 heterocycles. The molecule has 1 saturated heterocycles. The van der Waals surface area contributed by atoms with Gasteiger partial charge >= 0.3 is 0 Å². The monoisotopic (exact) mass is 353 g/mol. The molecule has 1 atom stereocenters. The van der Waals surface area contributed by atoms with Crippen molar-refractivity contribution in [3.05, 3.63) is 22.2 Å². The van der Waals surface area contributed by atoms with Crippen molar-refractivity contribution in [2.45, 2.75) is 32.1 Å². The van der Waals surface area contributed by atoms with E-state index >= 15 is 0 Å². The molecule has 2 fully saturated rings. The summed E-state index contributed by atoms with van der Waals surface area (Å²) in [5.74, 6) is 3.19. The minimum atomic E-state index is 0.720. The van der Waals surface area contributed by atoms with Crippen molar-refractivity contribution in [2.75, 3.05) is 26.8 Å². The van der Waals surface area contributed by atoms with E-state index in [-0.39, 0.29) is 0 Å². The minimum Gasteiger partial charge on any atom is -0.493 e. The highest BCUT2D eigenvalue weighted by Crippen LogP contribution is 2.37. The van der Waals surface area contributed by atoms with Gasteiger partial charge in [0, 0.05) is 4.47 Å². The van der Waals surface area contributed by atoms with Crippen molar-refractivity contribution in [3.63, 3.8) is 0 Å². The number of ether oxygens (including phenoxy) is 2. The lowest BCUT2D eigenvalue weighted by Gasteiger charge is -2.23. The van der Waals surface area contributed by atoms with Crippen molar-refractivity contribution in [1.82, 2.24) is 5.32 Å². The summed E-state index contributed by atoms with van der Waals surface area (Å²) in [6, 6.07) is 4.22. The normalized spacial score (nSPS) is 22.1. The molecule has 21 heavy (non-hydrogen) atoms. The lowest BCUT2D eigenvalue weighted by atomic mass is 9.92. The average Bonchev–Trinajstić information content (AvgIpc) is 3.32. The fourth-order valence-electron chi connectivity index (χ4n) is 2.91. The van der Waals surface area contributed by atoms with Gasteiger partial charge in [-0.25, -0.2) is 0 Å². The molecule has 0 bridgehead atoms. The molecule has 0 aromatic heterocycles. The molecule has 1 aromatic carbocycles. The molecule has 3 nitrogen and oxygen atoms in total. The second-order valence-corrected chi connectivity index (χ2v) is 7.12. The molecular formula is C17H24BrNO2. The first kappa shape index (κ1) is 15.2. The van der Waals surface area contributed by atoms with E-state index in [0.29, 0.717) is 0 Å². The second kappa shape index (κ2) is 7.01. The number of rotatable bonds is 6. The largest absolute Gasteiger partial charge is 0.493 e. The number of benzene rings is 1. The van der Waals surface area contributed by atoms with Gasteiger partial charge in [-0.05, 0) is 74.7 Å². The van der Waals surface area contributed by atoms with Gasteiger partial charge in [-0.2, -0.15) is 0 Å². The van der Waals surface area contributed by atoms with Crippen molar-refractivity contribution in [3.8, 4) is 11.5 Å². The van der Waals surface area contributed by atoms with Gasteiger partial charge in [0.2, 0.25) is 0 Å². The van der Waals surface area contributed by atoms with Crippen LogP contribution in [0.15, 0.2) is 16.6 Å². The molecule has 0 radical (unpaired) electrons. The number of piperidine rings is 1. The summed E-state index contributed by atoms with van der Waals surface area (Å²) in [5, 5.41) is 3.48.